The molecule has 0 aromatic carbocycles. The van der Waals surface area contributed by atoms with E-state index in [1.54, 1.807) is 0 Å². The fraction of sp³-hybridized carbons (Fsp3) is 0.444. The highest BCUT2D eigenvalue weighted by molar-refractivity contribution is 7.92. The average molecular weight is 265 g/mol. The molecule has 0 fully saturated rings. The number of aromatic nitrogens is 1. The van der Waals surface area contributed by atoms with Crippen LogP contribution in [-0.2, 0) is 14.8 Å². The standard InChI is InChI=1S/C9H13ClN2O3S/c1-2-15-5-6-16(13,14)12-8-3-4-11-9(10)7-8/h3-4,7H,2,5-6H2,1H3,(H,11,12). The minimum Gasteiger partial charge on any atom is -0.381 e. The van der Waals surface area contributed by atoms with E-state index in [1.807, 2.05) is 6.92 Å². The van der Waals surface area contributed by atoms with E-state index in [9.17, 15) is 8.42 Å². The molecule has 0 aliphatic heterocycles. The zero-order valence-corrected chi connectivity index (χ0v) is 10.4. The molecule has 0 spiro atoms. The molecule has 0 aliphatic rings. The number of nitrogens with one attached hydrogen (secondary N) is 1. The maximum Gasteiger partial charge on any atom is 0.235 e. The third kappa shape index (κ3) is 4.78. The van der Waals surface area contributed by atoms with E-state index in [0.717, 1.165) is 0 Å². The lowest BCUT2D eigenvalue weighted by atomic mass is 10.4. The van der Waals surface area contributed by atoms with Crippen molar-refractivity contribution in [2.45, 2.75) is 6.92 Å². The summed E-state index contributed by atoms with van der Waals surface area (Å²) < 4.78 is 30.4. The zero-order chi connectivity index (χ0) is 12.0. The SMILES string of the molecule is CCOCCS(=O)(=O)Nc1ccnc(Cl)c1. The molecule has 5 nitrogen and oxygen atoms in total. The molecule has 1 heterocycles. The zero-order valence-electron chi connectivity index (χ0n) is 8.81. The molecule has 0 radical (unpaired) electrons. The number of halogens is 1. The number of anilines is 1. The highest BCUT2D eigenvalue weighted by atomic mass is 35.5. The largest absolute Gasteiger partial charge is 0.381 e. The van der Waals surface area contributed by atoms with Crippen LogP contribution < -0.4 is 4.72 Å². The summed E-state index contributed by atoms with van der Waals surface area (Å²) in [4.78, 5) is 3.75. The summed E-state index contributed by atoms with van der Waals surface area (Å²) >= 11 is 5.63. The van der Waals surface area contributed by atoms with Crippen molar-refractivity contribution < 1.29 is 13.2 Å². The van der Waals surface area contributed by atoms with Gasteiger partial charge < -0.3 is 4.74 Å². The summed E-state index contributed by atoms with van der Waals surface area (Å²) in [5.74, 6) is -0.0826. The minimum atomic E-state index is -3.39. The molecule has 0 bridgehead atoms. The van der Waals surface area contributed by atoms with Crippen LogP contribution in [-0.4, -0.2) is 32.4 Å². The maximum atomic E-state index is 11.5. The van der Waals surface area contributed by atoms with Crippen molar-refractivity contribution in [3.8, 4) is 0 Å². The van der Waals surface area contributed by atoms with Gasteiger partial charge in [0.15, 0.2) is 0 Å². The van der Waals surface area contributed by atoms with Gasteiger partial charge in [-0.15, -0.1) is 0 Å². The number of sulfonamides is 1. The van der Waals surface area contributed by atoms with Crippen molar-refractivity contribution in [1.29, 1.82) is 0 Å². The normalized spacial score (nSPS) is 11.4. The van der Waals surface area contributed by atoms with Crippen molar-refractivity contribution in [3.63, 3.8) is 0 Å². The summed E-state index contributed by atoms with van der Waals surface area (Å²) in [5, 5.41) is 0.241. The maximum absolute atomic E-state index is 11.5. The molecule has 16 heavy (non-hydrogen) atoms. The second-order valence-electron chi connectivity index (χ2n) is 2.99. The van der Waals surface area contributed by atoms with E-state index in [-0.39, 0.29) is 17.5 Å². The van der Waals surface area contributed by atoms with E-state index in [1.165, 1.54) is 18.3 Å². The van der Waals surface area contributed by atoms with Crippen molar-refractivity contribution in [3.05, 3.63) is 23.5 Å². The molecule has 1 rings (SSSR count). The molecule has 1 aromatic heterocycles. The lowest BCUT2D eigenvalue weighted by Crippen LogP contribution is -2.20. The van der Waals surface area contributed by atoms with Crippen LogP contribution in [0.5, 0.6) is 0 Å². The van der Waals surface area contributed by atoms with Crippen molar-refractivity contribution in [1.82, 2.24) is 4.98 Å². The van der Waals surface area contributed by atoms with Gasteiger partial charge in [0.2, 0.25) is 10.0 Å². The molecular weight excluding hydrogens is 252 g/mol. The number of pyridine rings is 1. The topological polar surface area (TPSA) is 68.3 Å². The third-order valence-corrected chi connectivity index (χ3v) is 3.16. The monoisotopic (exact) mass is 264 g/mol. The van der Waals surface area contributed by atoms with Gasteiger partial charge >= 0.3 is 0 Å². The van der Waals surface area contributed by atoms with Crippen molar-refractivity contribution in [2.75, 3.05) is 23.7 Å². The van der Waals surface area contributed by atoms with E-state index < -0.39 is 10.0 Å². The van der Waals surface area contributed by atoms with E-state index >= 15 is 0 Å². The number of nitrogens with zero attached hydrogens (tertiary/aromatic N) is 1. The first-order valence-corrected chi connectivity index (χ1v) is 6.76. The predicted octanol–water partition coefficient (Wildman–Crippen LogP) is 1.51. The number of rotatable bonds is 6. The van der Waals surface area contributed by atoms with Crippen LogP contribution in [0.1, 0.15) is 6.92 Å². The number of hydrogen-bond donors (Lipinski definition) is 1. The van der Waals surface area contributed by atoms with Gasteiger partial charge in [0.05, 0.1) is 18.0 Å². The van der Waals surface area contributed by atoms with E-state index in [0.29, 0.717) is 12.3 Å². The first kappa shape index (κ1) is 13.2. The van der Waals surface area contributed by atoms with Gasteiger partial charge in [-0.25, -0.2) is 13.4 Å². The average Bonchev–Trinajstić information content (AvgIpc) is 2.17. The second kappa shape index (κ2) is 6.03. The third-order valence-electron chi connectivity index (χ3n) is 1.70. The minimum absolute atomic E-state index is 0.0826. The summed E-state index contributed by atoms with van der Waals surface area (Å²) in [7, 11) is -3.39. The van der Waals surface area contributed by atoms with Gasteiger partial charge in [0.1, 0.15) is 5.15 Å². The van der Waals surface area contributed by atoms with Crippen LogP contribution in [0.2, 0.25) is 5.15 Å². The van der Waals surface area contributed by atoms with Crippen LogP contribution in [0.25, 0.3) is 0 Å². The van der Waals surface area contributed by atoms with Crippen LogP contribution in [0.3, 0.4) is 0 Å². The highest BCUT2D eigenvalue weighted by Crippen LogP contribution is 2.13. The summed E-state index contributed by atoms with van der Waals surface area (Å²) in [6.07, 6.45) is 1.43. The summed E-state index contributed by atoms with van der Waals surface area (Å²) in [6.45, 7) is 2.48. The lowest BCUT2D eigenvalue weighted by molar-refractivity contribution is 0.163. The predicted molar refractivity (Wildman–Crippen MR) is 63.1 cm³/mol. The van der Waals surface area contributed by atoms with Crippen LogP contribution in [0, 0.1) is 0 Å². The fourth-order valence-electron chi connectivity index (χ4n) is 1.01. The molecular formula is C9H13ClN2O3S. The Balaban J connectivity index is 2.59. The van der Waals surface area contributed by atoms with E-state index in [2.05, 4.69) is 9.71 Å². The molecule has 90 valence electrons. The molecule has 1 N–H and O–H groups in total. The van der Waals surface area contributed by atoms with Gasteiger partial charge in [-0.2, -0.15) is 0 Å². The Morgan fingerprint density at radius 3 is 2.94 bits per heavy atom. The second-order valence-corrected chi connectivity index (χ2v) is 5.21. The molecule has 1 aromatic rings. The Bertz CT molecular complexity index is 436. The smallest absolute Gasteiger partial charge is 0.235 e. The van der Waals surface area contributed by atoms with Crippen molar-refractivity contribution >= 4 is 27.3 Å². The van der Waals surface area contributed by atoms with Gasteiger partial charge in [-0.3, -0.25) is 4.72 Å². The molecule has 7 heteroatoms. The summed E-state index contributed by atoms with van der Waals surface area (Å²) in [6, 6.07) is 2.98. The Labute approximate surface area is 99.8 Å². The Hall–Kier alpha value is -0.850. The van der Waals surface area contributed by atoms with Crippen LogP contribution in [0.15, 0.2) is 18.3 Å². The fourth-order valence-corrected chi connectivity index (χ4v) is 2.11. The van der Waals surface area contributed by atoms with Crippen molar-refractivity contribution in [2.24, 2.45) is 0 Å². The van der Waals surface area contributed by atoms with Crippen LogP contribution >= 0.6 is 11.6 Å². The Morgan fingerprint density at radius 1 is 1.56 bits per heavy atom. The van der Waals surface area contributed by atoms with Gasteiger partial charge in [0.25, 0.3) is 0 Å². The first-order valence-electron chi connectivity index (χ1n) is 4.73. The number of ether oxygens (including phenoxy) is 1. The molecule has 0 unspecified atom stereocenters. The quantitative estimate of drug-likeness (QED) is 0.625. The van der Waals surface area contributed by atoms with Gasteiger partial charge in [-0.05, 0) is 19.1 Å². The number of hydrogen-bond acceptors (Lipinski definition) is 4. The van der Waals surface area contributed by atoms with Crippen LogP contribution in [0.4, 0.5) is 5.69 Å². The Kier molecular flexibility index (Phi) is 4.98. The molecule has 0 aliphatic carbocycles. The lowest BCUT2D eigenvalue weighted by Gasteiger charge is -2.07. The first-order chi connectivity index (χ1) is 7.53. The van der Waals surface area contributed by atoms with E-state index in [4.69, 9.17) is 16.3 Å². The molecule has 0 amide bonds. The molecule has 0 saturated heterocycles. The van der Waals surface area contributed by atoms with Gasteiger partial charge in [-0.1, -0.05) is 11.6 Å². The summed E-state index contributed by atoms with van der Waals surface area (Å²) in [5.41, 5.74) is 0.400. The highest BCUT2D eigenvalue weighted by Gasteiger charge is 2.10. The Morgan fingerprint density at radius 2 is 2.31 bits per heavy atom. The molecule has 0 saturated carbocycles. The molecule has 0 atom stereocenters. The van der Waals surface area contributed by atoms with Gasteiger partial charge in [0, 0.05) is 12.8 Å².